The number of hydrogen-bond donors (Lipinski definition) is 3. The Bertz CT molecular complexity index is 1390. The normalized spacial score (nSPS) is 12.7. The van der Waals surface area contributed by atoms with Crippen molar-refractivity contribution < 1.29 is 24.5 Å². The van der Waals surface area contributed by atoms with Gasteiger partial charge in [-0.2, -0.15) is 0 Å². The molecule has 508 valence electrons. The fourth-order valence-corrected chi connectivity index (χ4v) is 12.4. The Morgan fingerprint density at radius 3 is 0.884 bits per heavy atom. The van der Waals surface area contributed by atoms with Crippen molar-refractivity contribution in [1.82, 2.24) is 5.32 Å². The predicted molar refractivity (Wildman–Crippen MR) is 379 cm³/mol. The molecule has 0 aliphatic carbocycles. The summed E-state index contributed by atoms with van der Waals surface area (Å²) >= 11 is 0. The van der Waals surface area contributed by atoms with Gasteiger partial charge in [0.1, 0.15) is 0 Å². The summed E-state index contributed by atoms with van der Waals surface area (Å²) in [5.41, 5.74) is 0. The van der Waals surface area contributed by atoms with Crippen LogP contribution in [0.25, 0.3) is 0 Å². The fourth-order valence-electron chi connectivity index (χ4n) is 12.4. The van der Waals surface area contributed by atoms with Crippen molar-refractivity contribution in [2.75, 3.05) is 13.2 Å². The van der Waals surface area contributed by atoms with Crippen LogP contribution in [0.5, 0.6) is 0 Å². The number of amides is 1. The molecule has 0 aliphatic heterocycles. The minimum atomic E-state index is -0.843. The summed E-state index contributed by atoms with van der Waals surface area (Å²) < 4.78 is 5.52. The van der Waals surface area contributed by atoms with Gasteiger partial charge in [-0.1, -0.05) is 397 Å². The highest BCUT2D eigenvalue weighted by molar-refractivity contribution is 5.76. The minimum Gasteiger partial charge on any atom is -0.466 e. The minimum absolute atomic E-state index is 0.0221. The van der Waals surface area contributed by atoms with Crippen molar-refractivity contribution >= 4 is 11.9 Å². The number of aliphatic hydroxyl groups excluding tert-OH is 2. The van der Waals surface area contributed by atoms with Crippen LogP contribution in [0.15, 0.2) is 36.5 Å². The van der Waals surface area contributed by atoms with Gasteiger partial charge in [-0.3, -0.25) is 9.59 Å². The van der Waals surface area contributed by atoms with Gasteiger partial charge in [-0.25, -0.2) is 0 Å². The lowest BCUT2D eigenvalue weighted by Gasteiger charge is -2.20. The van der Waals surface area contributed by atoms with Gasteiger partial charge in [0.25, 0.3) is 0 Å². The van der Waals surface area contributed by atoms with Crippen molar-refractivity contribution in [3.63, 3.8) is 0 Å². The van der Waals surface area contributed by atoms with Crippen LogP contribution in [-0.4, -0.2) is 47.4 Å². The summed E-state index contributed by atoms with van der Waals surface area (Å²) in [5, 5.41) is 23.2. The molecule has 0 aromatic rings. The molecule has 86 heavy (non-hydrogen) atoms. The van der Waals surface area contributed by atoms with E-state index in [4.69, 9.17) is 4.74 Å². The van der Waals surface area contributed by atoms with Crippen molar-refractivity contribution in [2.45, 2.75) is 450 Å². The SMILES string of the molecule is CCCCCCCCCCCCCCC/C=C/C(O)C(CO)NC(=O)CCCCCCCCCCCCCCCCCCC/C=C\C/C=C\CCCCCCCCCCCCCOC(=O)CCCCCCCCCCCCCCCCCCCCC. The van der Waals surface area contributed by atoms with E-state index in [1.807, 2.05) is 6.08 Å². The molecule has 0 aromatic heterocycles. The van der Waals surface area contributed by atoms with Gasteiger partial charge in [0.15, 0.2) is 0 Å². The second kappa shape index (κ2) is 75.5. The molecule has 0 aromatic carbocycles. The first-order chi connectivity index (χ1) is 42.5. The van der Waals surface area contributed by atoms with Crippen LogP contribution in [0.2, 0.25) is 0 Å². The number of nitrogens with one attached hydrogen (secondary N) is 1. The van der Waals surface area contributed by atoms with Crippen molar-refractivity contribution in [1.29, 1.82) is 0 Å². The molecule has 0 fully saturated rings. The standard InChI is InChI=1S/C80H153NO5/c1-3-5-7-9-11-13-15-17-19-20-38-42-46-50-54-58-62-66-70-74-80(85)86-75-71-67-63-59-55-51-47-43-40-37-35-33-31-29-27-25-23-21-22-24-26-28-30-32-34-36-39-41-45-49-53-57-61-65-69-73-79(84)81-77(76-82)78(83)72-68-64-60-56-52-48-44-18-16-14-12-10-8-6-4-2/h23,25,29,31,68,72,77-78,82-83H,3-22,24,26-28,30,32-67,69-71,73-76H2,1-2H3,(H,81,84)/b25-23-,31-29-,72-68+. The maximum absolute atomic E-state index is 12.5. The van der Waals surface area contributed by atoms with Crippen LogP contribution >= 0.6 is 0 Å². The van der Waals surface area contributed by atoms with Gasteiger partial charge < -0.3 is 20.3 Å². The number of aliphatic hydroxyl groups is 2. The zero-order chi connectivity index (χ0) is 62.0. The van der Waals surface area contributed by atoms with Crippen molar-refractivity contribution in [2.24, 2.45) is 0 Å². The van der Waals surface area contributed by atoms with E-state index in [1.54, 1.807) is 6.08 Å². The molecular weight excluding hydrogens is 1050 g/mol. The molecule has 0 bridgehead atoms. The first-order valence-electron chi connectivity index (χ1n) is 39.3. The Hall–Kier alpha value is -1.92. The van der Waals surface area contributed by atoms with E-state index in [0.717, 1.165) is 44.9 Å². The van der Waals surface area contributed by atoms with Gasteiger partial charge in [0.05, 0.1) is 25.4 Å². The molecule has 6 nitrogen and oxygen atoms in total. The molecular formula is C80H153NO5. The average molecular weight is 1210 g/mol. The molecule has 3 N–H and O–H groups in total. The smallest absolute Gasteiger partial charge is 0.305 e. The fraction of sp³-hybridized carbons (Fsp3) is 0.900. The highest BCUT2D eigenvalue weighted by Crippen LogP contribution is 2.19. The second-order valence-corrected chi connectivity index (χ2v) is 27.0. The number of esters is 1. The quantitative estimate of drug-likeness (QED) is 0.0320. The Labute approximate surface area is 538 Å². The summed E-state index contributed by atoms with van der Waals surface area (Å²) in [7, 11) is 0. The van der Waals surface area contributed by atoms with Gasteiger partial charge >= 0.3 is 5.97 Å². The van der Waals surface area contributed by atoms with E-state index in [9.17, 15) is 19.8 Å². The second-order valence-electron chi connectivity index (χ2n) is 27.0. The number of hydrogen-bond acceptors (Lipinski definition) is 5. The summed E-state index contributed by atoms with van der Waals surface area (Å²) in [4.78, 5) is 24.6. The van der Waals surface area contributed by atoms with E-state index < -0.39 is 12.1 Å². The van der Waals surface area contributed by atoms with Crippen LogP contribution < -0.4 is 5.32 Å². The van der Waals surface area contributed by atoms with Gasteiger partial charge in [-0.05, 0) is 64.2 Å². The lowest BCUT2D eigenvalue weighted by atomic mass is 10.0. The molecule has 0 heterocycles. The monoisotopic (exact) mass is 1210 g/mol. The van der Waals surface area contributed by atoms with Gasteiger partial charge in [0, 0.05) is 12.8 Å². The van der Waals surface area contributed by atoms with Crippen LogP contribution in [0.4, 0.5) is 0 Å². The Morgan fingerprint density at radius 1 is 0.326 bits per heavy atom. The lowest BCUT2D eigenvalue weighted by Crippen LogP contribution is -2.45. The molecule has 0 rings (SSSR count). The van der Waals surface area contributed by atoms with Gasteiger partial charge in [0.2, 0.25) is 5.91 Å². The summed E-state index contributed by atoms with van der Waals surface area (Å²) in [6.07, 6.45) is 98.4. The third kappa shape index (κ3) is 71.2. The largest absolute Gasteiger partial charge is 0.466 e. The zero-order valence-electron chi connectivity index (χ0n) is 58.3. The van der Waals surface area contributed by atoms with Crippen molar-refractivity contribution in [3.8, 4) is 0 Å². The molecule has 1 amide bonds. The molecule has 6 heteroatoms. The Kier molecular flexibility index (Phi) is 73.9. The average Bonchev–Trinajstić information content (AvgIpc) is 3.55. The highest BCUT2D eigenvalue weighted by atomic mass is 16.5. The van der Waals surface area contributed by atoms with E-state index >= 15 is 0 Å². The number of carbonyl (C=O) groups is 2. The van der Waals surface area contributed by atoms with E-state index in [2.05, 4.69) is 43.5 Å². The van der Waals surface area contributed by atoms with Crippen molar-refractivity contribution in [3.05, 3.63) is 36.5 Å². The van der Waals surface area contributed by atoms with Crippen LogP contribution in [0.1, 0.15) is 438 Å². The molecule has 0 saturated heterocycles. The molecule has 0 saturated carbocycles. The van der Waals surface area contributed by atoms with E-state index in [1.165, 1.54) is 366 Å². The summed E-state index contributed by atoms with van der Waals surface area (Å²) in [5.74, 6) is -0.0410. The third-order valence-electron chi connectivity index (χ3n) is 18.4. The highest BCUT2D eigenvalue weighted by Gasteiger charge is 2.18. The molecule has 0 aliphatic rings. The molecule has 2 atom stereocenters. The first-order valence-corrected chi connectivity index (χ1v) is 39.3. The number of ether oxygens (including phenoxy) is 1. The molecule has 0 radical (unpaired) electrons. The van der Waals surface area contributed by atoms with Crippen LogP contribution in [0.3, 0.4) is 0 Å². The number of rotatable bonds is 74. The summed E-state index contributed by atoms with van der Waals surface area (Å²) in [6, 6.07) is -0.626. The number of carbonyl (C=O) groups excluding carboxylic acids is 2. The zero-order valence-corrected chi connectivity index (χ0v) is 58.3. The van der Waals surface area contributed by atoms with Crippen LogP contribution in [0, 0.1) is 0 Å². The Balaban J connectivity index is 3.36. The third-order valence-corrected chi connectivity index (χ3v) is 18.4. The van der Waals surface area contributed by atoms with Crippen LogP contribution in [-0.2, 0) is 14.3 Å². The topological polar surface area (TPSA) is 95.9 Å². The number of unbranched alkanes of at least 4 members (excludes halogenated alkanes) is 59. The van der Waals surface area contributed by atoms with E-state index in [-0.39, 0.29) is 18.5 Å². The molecule has 2 unspecified atom stereocenters. The van der Waals surface area contributed by atoms with Gasteiger partial charge in [-0.15, -0.1) is 0 Å². The maximum Gasteiger partial charge on any atom is 0.305 e. The summed E-state index contributed by atoms with van der Waals surface area (Å²) in [6.45, 7) is 4.95. The number of allylic oxidation sites excluding steroid dienone is 5. The molecule has 0 spiro atoms. The first kappa shape index (κ1) is 84.1. The predicted octanol–water partition coefficient (Wildman–Crippen LogP) is 25.8. The maximum atomic E-state index is 12.5. The van der Waals surface area contributed by atoms with E-state index in [0.29, 0.717) is 19.4 Å². The Morgan fingerprint density at radius 2 is 0.581 bits per heavy atom. The lowest BCUT2D eigenvalue weighted by molar-refractivity contribution is -0.143.